The maximum atomic E-state index is 12.2. The highest BCUT2D eigenvalue weighted by Gasteiger charge is 2.19. The van der Waals surface area contributed by atoms with E-state index < -0.39 is 0 Å². The summed E-state index contributed by atoms with van der Waals surface area (Å²) in [6.07, 6.45) is 2.41. The number of aryl methyl sites for hydroxylation is 1. The second-order valence-corrected chi connectivity index (χ2v) is 5.91. The number of carbonyl (C=O) groups is 1. The Morgan fingerprint density at radius 3 is 2.65 bits per heavy atom. The summed E-state index contributed by atoms with van der Waals surface area (Å²) in [5, 5.41) is 1.04. The molecule has 1 aromatic carbocycles. The zero-order valence-corrected chi connectivity index (χ0v) is 10.9. The van der Waals surface area contributed by atoms with Gasteiger partial charge in [-0.05, 0) is 24.5 Å². The van der Waals surface area contributed by atoms with Crippen molar-refractivity contribution in [3.8, 4) is 0 Å². The number of aromatic amines is 1. The zero-order chi connectivity index (χ0) is 12.6. The Balaban J connectivity index is 2.42. The van der Waals surface area contributed by atoms with E-state index in [2.05, 4.69) is 37.9 Å². The highest BCUT2D eigenvalue weighted by molar-refractivity contribution is 6.08. The number of carbonyl (C=O) groups excluding carboxylic acids is 1. The number of aromatic nitrogens is 1. The number of Topliss-reactive ketones (excluding diaryl/α,β-unsaturated/α-hetero) is 1. The quantitative estimate of drug-likeness (QED) is 0.773. The molecule has 0 amide bonds. The molecule has 90 valence electrons. The molecule has 2 aromatic rings. The lowest BCUT2D eigenvalue weighted by atomic mass is 9.88. The molecule has 1 aromatic heterocycles. The first-order valence-corrected chi connectivity index (χ1v) is 5.98. The summed E-state index contributed by atoms with van der Waals surface area (Å²) < 4.78 is 0. The van der Waals surface area contributed by atoms with Crippen LogP contribution in [0.1, 0.15) is 43.1 Å². The lowest BCUT2D eigenvalue weighted by molar-refractivity contribution is 0.0941. The number of fused-ring (bicyclic) bond motifs is 1. The fourth-order valence-electron chi connectivity index (χ4n) is 2.04. The van der Waals surface area contributed by atoms with Gasteiger partial charge in [0.15, 0.2) is 5.78 Å². The van der Waals surface area contributed by atoms with Crippen LogP contribution in [0.15, 0.2) is 24.4 Å². The third kappa shape index (κ3) is 2.57. The fraction of sp³-hybridized carbons (Fsp3) is 0.400. The smallest absolute Gasteiger partial charge is 0.165 e. The van der Waals surface area contributed by atoms with Gasteiger partial charge in [-0.2, -0.15) is 0 Å². The predicted molar refractivity (Wildman–Crippen MR) is 71.4 cm³/mol. The van der Waals surface area contributed by atoms with E-state index in [0.717, 1.165) is 16.5 Å². The number of rotatable bonds is 2. The summed E-state index contributed by atoms with van der Waals surface area (Å²) >= 11 is 0. The van der Waals surface area contributed by atoms with Crippen LogP contribution < -0.4 is 0 Å². The average Bonchev–Trinajstić information content (AvgIpc) is 2.57. The first kappa shape index (κ1) is 11.9. The van der Waals surface area contributed by atoms with Gasteiger partial charge < -0.3 is 4.98 Å². The number of hydrogen-bond donors (Lipinski definition) is 1. The van der Waals surface area contributed by atoms with Crippen LogP contribution in [0.2, 0.25) is 0 Å². The van der Waals surface area contributed by atoms with Crippen molar-refractivity contribution < 1.29 is 4.79 Å². The Kier molecular flexibility index (Phi) is 2.82. The minimum Gasteiger partial charge on any atom is -0.360 e. The van der Waals surface area contributed by atoms with Crippen molar-refractivity contribution in [2.45, 2.75) is 34.1 Å². The minimum atomic E-state index is 0.0322. The molecule has 2 heteroatoms. The van der Waals surface area contributed by atoms with E-state index in [1.807, 2.05) is 19.2 Å². The molecule has 0 unspecified atom stereocenters. The van der Waals surface area contributed by atoms with Crippen LogP contribution >= 0.6 is 0 Å². The SMILES string of the molecule is Cc1ccc2[nH]cc(C(=O)CC(C)(C)C)c2c1. The summed E-state index contributed by atoms with van der Waals surface area (Å²) in [5.41, 5.74) is 3.07. The molecule has 1 heterocycles. The third-order valence-electron chi connectivity index (χ3n) is 2.83. The van der Waals surface area contributed by atoms with Gasteiger partial charge in [0, 0.05) is 29.1 Å². The normalized spacial score (nSPS) is 12.0. The van der Waals surface area contributed by atoms with E-state index in [-0.39, 0.29) is 11.2 Å². The Labute approximate surface area is 102 Å². The molecule has 0 atom stereocenters. The van der Waals surface area contributed by atoms with Crippen LogP contribution in [0.5, 0.6) is 0 Å². The van der Waals surface area contributed by atoms with Gasteiger partial charge in [0.05, 0.1) is 0 Å². The number of ketones is 1. The number of H-pyrrole nitrogens is 1. The monoisotopic (exact) mass is 229 g/mol. The summed E-state index contributed by atoms with van der Waals surface area (Å²) in [5.74, 6) is 0.217. The van der Waals surface area contributed by atoms with Crippen molar-refractivity contribution in [1.29, 1.82) is 0 Å². The molecule has 0 aliphatic rings. The van der Waals surface area contributed by atoms with Crippen molar-refractivity contribution in [3.63, 3.8) is 0 Å². The van der Waals surface area contributed by atoms with E-state index in [9.17, 15) is 4.79 Å². The van der Waals surface area contributed by atoms with E-state index in [1.54, 1.807) is 0 Å². The molecule has 0 aliphatic carbocycles. The molecule has 0 radical (unpaired) electrons. The lowest BCUT2D eigenvalue weighted by Gasteiger charge is -2.16. The van der Waals surface area contributed by atoms with Gasteiger partial charge in [-0.25, -0.2) is 0 Å². The molecular formula is C15H19NO. The van der Waals surface area contributed by atoms with Gasteiger partial charge in [0.2, 0.25) is 0 Å². The molecule has 17 heavy (non-hydrogen) atoms. The maximum Gasteiger partial charge on any atom is 0.165 e. The average molecular weight is 229 g/mol. The third-order valence-corrected chi connectivity index (χ3v) is 2.83. The van der Waals surface area contributed by atoms with Crippen LogP contribution in [-0.2, 0) is 0 Å². The number of benzene rings is 1. The molecule has 0 saturated heterocycles. The molecule has 0 saturated carbocycles. The van der Waals surface area contributed by atoms with Crippen molar-refractivity contribution in [2.75, 3.05) is 0 Å². The summed E-state index contributed by atoms with van der Waals surface area (Å²) in [6.45, 7) is 8.31. The fourth-order valence-corrected chi connectivity index (χ4v) is 2.04. The Morgan fingerprint density at radius 1 is 1.29 bits per heavy atom. The standard InChI is InChI=1S/C15H19NO/c1-10-5-6-13-11(7-10)12(9-16-13)14(17)8-15(2,3)4/h5-7,9,16H,8H2,1-4H3. The van der Waals surface area contributed by atoms with E-state index in [0.29, 0.717) is 6.42 Å². The molecule has 1 N–H and O–H groups in total. The summed E-state index contributed by atoms with van der Waals surface area (Å²) in [7, 11) is 0. The van der Waals surface area contributed by atoms with Crippen molar-refractivity contribution >= 4 is 16.7 Å². The molecular weight excluding hydrogens is 210 g/mol. The zero-order valence-electron chi connectivity index (χ0n) is 10.9. The van der Waals surface area contributed by atoms with Gasteiger partial charge >= 0.3 is 0 Å². The van der Waals surface area contributed by atoms with Gasteiger partial charge in [-0.15, -0.1) is 0 Å². The number of hydrogen-bond acceptors (Lipinski definition) is 1. The van der Waals surface area contributed by atoms with Gasteiger partial charge in [0.25, 0.3) is 0 Å². The first-order chi connectivity index (χ1) is 7.87. The second kappa shape index (κ2) is 4.02. The van der Waals surface area contributed by atoms with Crippen LogP contribution in [0.25, 0.3) is 10.9 Å². The van der Waals surface area contributed by atoms with E-state index in [1.165, 1.54) is 5.56 Å². The Hall–Kier alpha value is -1.57. The maximum absolute atomic E-state index is 12.2. The van der Waals surface area contributed by atoms with Crippen molar-refractivity contribution in [1.82, 2.24) is 4.98 Å². The van der Waals surface area contributed by atoms with Crippen LogP contribution in [0.4, 0.5) is 0 Å². The van der Waals surface area contributed by atoms with E-state index >= 15 is 0 Å². The molecule has 0 spiro atoms. The molecule has 2 nitrogen and oxygen atoms in total. The van der Waals surface area contributed by atoms with Gasteiger partial charge in [-0.1, -0.05) is 32.4 Å². The van der Waals surface area contributed by atoms with Crippen LogP contribution in [0, 0.1) is 12.3 Å². The summed E-state index contributed by atoms with van der Waals surface area (Å²) in [4.78, 5) is 15.4. The van der Waals surface area contributed by atoms with Crippen molar-refractivity contribution in [2.24, 2.45) is 5.41 Å². The topological polar surface area (TPSA) is 32.9 Å². The highest BCUT2D eigenvalue weighted by atomic mass is 16.1. The second-order valence-electron chi connectivity index (χ2n) is 5.91. The minimum absolute atomic E-state index is 0.0322. The lowest BCUT2D eigenvalue weighted by Crippen LogP contribution is -2.12. The molecule has 0 bridgehead atoms. The predicted octanol–water partition coefficient (Wildman–Crippen LogP) is 4.10. The van der Waals surface area contributed by atoms with Crippen LogP contribution in [-0.4, -0.2) is 10.8 Å². The molecule has 2 rings (SSSR count). The molecule has 0 fully saturated rings. The van der Waals surface area contributed by atoms with E-state index in [4.69, 9.17) is 0 Å². The highest BCUT2D eigenvalue weighted by Crippen LogP contribution is 2.26. The van der Waals surface area contributed by atoms with Gasteiger partial charge in [0.1, 0.15) is 0 Å². The van der Waals surface area contributed by atoms with Gasteiger partial charge in [-0.3, -0.25) is 4.79 Å². The largest absolute Gasteiger partial charge is 0.360 e. The first-order valence-electron chi connectivity index (χ1n) is 5.98. The number of nitrogens with one attached hydrogen (secondary N) is 1. The Bertz CT molecular complexity index is 558. The molecule has 0 aliphatic heterocycles. The van der Waals surface area contributed by atoms with Crippen molar-refractivity contribution in [3.05, 3.63) is 35.5 Å². The van der Waals surface area contributed by atoms with Crippen LogP contribution in [0.3, 0.4) is 0 Å². The summed E-state index contributed by atoms with van der Waals surface area (Å²) in [6, 6.07) is 6.15. The Morgan fingerprint density at radius 2 is 2.00 bits per heavy atom.